The van der Waals surface area contributed by atoms with Gasteiger partial charge in [0.1, 0.15) is 11.9 Å². The quantitative estimate of drug-likeness (QED) is 0.467. The predicted molar refractivity (Wildman–Crippen MR) is 107 cm³/mol. The molecule has 6 N–H and O–H groups in total. The molecule has 2 heterocycles. The minimum absolute atomic E-state index is 0.0161. The first-order valence-electron chi connectivity index (χ1n) is 8.83. The summed E-state index contributed by atoms with van der Waals surface area (Å²) < 4.78 is 0. The van der Waals surface area contributed by atoms with Crippen LogP contribution in [0.25, 0.3) is 10.9 Å². The van der Waals surface area contributed by atoms with Crippen molar-refractivity contribution in [2.45, 2.75) is 25.8 Å². The van der Waals surface area contributed by atoms with Crippen molar-refractivity contribution in [3.05, 3.63) is 48.4 Å². The minimum Gasteiger partial charge on any atom is -0.368 e. The summed E-state index contributed by atoms with van der Waals surface area (Å²) in [5.74, 6) is -0.728. The molecule has 3 aromatic rings. The van der Waals surface area contributed by atoms with E-state index in [9.17, 15) is 9.59 Å². The highest BCUT2D eigenvalue weighted by molar-refractivity contribution is 5.99. The van der Waals surface area contributed by atoms with Crippen LogP contribution in [0.2, 0.25) is 0 Å². The molecule has 1 aromatic carbocycles. The number of nitrogens with zero attached hydrogens (tertiary/aromatic N) is 3. The average Bonchev–Trinajstić information content (AvgIpc) is 2.68. The number of rotatable bonds is 8. The van der Waals surface area contributed by atoms with Gasteiger partial charge in [-0.3, -0.25) is 14.6 Å². The van der Waals surface area contributed by atoms with Crippen LogP contribution in [-0.2, 0) is 4.79 Å². The van der Waals surface area contributed by atoms with Crippen molar-refractivity contribution in [2.75, 3.05) is 10.6 Å². The molecule has 144 valence electrons. The monoisotopic (exact) mass is 379 g/mol. The SMILES string of the molecule is CCCC(Nc1cnc(C(N)=O)c(Nc2cccc3ncccc23)n1)C(N)=O. The van der Waals surface area contributed by atoms with Crippen LogP contribution >= 0.6 is 0 Å². The number of aromatic nitrogens is 3. The topological polar surface area (TPSA) is 149 Å². The summed E-state index contributed by atoms with van der Waals surface area (Å²) in [5, 5.41) is 6.91. The Labute approximate surface area is 161 Å². The Morgan fingerprint density at radius 3 is 2.68 bits per heavy atom. The highest BCUT2D eigenvalue weighted by Gasteiger charge is 2.18. The molecule has 1 unspecified atom stereocenters. The maximum Gasteiger partial charge on any atom is 0.271 e. The van der Waals surface area contributed by atoms with Crippen LogP contribution < -0.4 is 22.1 Å². The number of nitrogens with two attached hydrogens (primary N) is 2. The van der Waals surface area contributed by atoms with E-state index in [1.54, 1.807) is 6.20 Å². The second-order valence-electron chi connectivity index (χ2n) is 6.21. The molecule has 0 aliphatic rings. The summed E-state index contributed by atoms with van der Waals surface area (Å²) in [6, 6.07) is 8.67. The Morgan fingerprint density at radius 2 is 1.96 bits per heavy atom. The van der Waals surface area contributed by atoms with Crippen molar-refractivity contribution in [1.82, 2.24) is 15.0 Å². The fourth-order valence-electron chi connectivity index (χ4n) is 2.82. The van der Waals surface area contributed by atoms with E-state index < -0.39 is 17.9 Å². The summed E-state index contributed by atoms with van der Waals surface area (Å²) in [4.78, 5) is 36.2. The average molecular weight is 379 g/mol. The molecule has 0 saturated carbocycles. The lowest BCUT2D eigenvalue weighted by molar-refractivity contribution is -0.118. The molecule has 3 rings (SSSR count). The minimum atomic E-state index is -0.722. The fraction of sp³-hybridized carbons (Fsp3) is 0.211. The number of nitrogens with one attached hydrogen (secondary N) is 2. The van der Waals surface area contributed by atoms with Crippen LogP contribution in [0.4, 0.5) is 17.3 Å². The smallest absolute Gasteiger partial charge is 0.271 e. The third-order valence-electron chi connectivity index (χ3n) is 4.15. The van der Waals surface area contributed by atoms with Gasteiger partial charge in [0.05, 0.1) is 11.7 Å². The largest absolute Gasteiger partial charge is 0.368 e. The molecule has 0 fully saturated rings. The Morgan fingerprint density at radius 1 is 1.14 bits per heavy atom. The number of benzene rings is 1. The van der Waals surface area contributed by atoms with Gasteiger partial charge < -0.3 is 22.1 Å². The molecule has 2 amide bonds. The first-order valence-corrected chi connectivity index (χ1v) is 8.83. The zero-order valence-electron chi connectivity index (χ0n) is 15.3. The molecule has 0 spiro atoms. The molecule has 0 saturated heterocycles. The van der Waals surface area contributed by atoms with E-state index in [1.807, 2.05) is 37.3 Å². The van der Waals surface area contributed by atoms with Crippen LogP contribution in [0.1, 0.15) is 30.3 Å². The number of primary amides is 2. The molecular formula is C19H21N7O2. The van der Waals surface area contributed by atoms with Crippen LogP contribution in [0.15, 0.2) is 42.7 Å². The molecule has 1 atom stereocenters. The number of hydrogen-bond acceptors (Lipinski definition) is 7. The lowest BCUT2D eigenvalue weighted by Crippen LogP contribution is -2.35. The number of hydrogen-bond donors (Lipinski definition) is 4. The van der Waals surface area contributed by atoms with Crippen molar-refractivity contribution in [2.24, 2.45) is 11.5 Å². The molecule has 28 heavy (non-hydrogen) atoms. The van der Waals surface area contributed by atoms with Gasteiger partial charge in [-0.15, -0.1) is 0 Å². The molecular weight excluding hydrogens is 358 g/mol. The second-order valence-corrected chi connectivity index (χ2v) is 6.21. The van der Waals surface area contributed by atoms with E-state index in [2.05, 4.69) is 25.6 Å². The van der Waals surface area contributed by atoms with Crippen LogP contribution in [0.5, 0.6) is 0 Å². The van der Waals surface area contributed by atoms with E-state index in [4.69, 9.17) is 11.5 Å². The maximum absolute atomic E-state index is 11.8. The van der Waals surface area contributed by atoms with Gasteiger partial charge in [-0.05, 0) is 30.7 Å². The van der Waals surface area contributed by atoms with E-state index in [1.165, 1.54) is 6.20 Å². The van der Waals surface area contributed by atoms with Crippen molar-refractivity contribution in [1.29, 1.82) is 0 Å². The third kappa shape index (κ3) is 4.14. The Balaban J connectivity index is 1.98. The van der Waals surface area contributed by atoms with Crippen molar-refractivity contribution in [3.8, 4) is 0 Å². The number of amides is 2. The highest BCUT2D eigenvalue weighted by atomic mass is 16.1. The second kappa shape index (κ2) is 8.30. The Bertz CT molecular complexity index is 1020. The molecule has 9 heteroatoms. The lowest BCUT2D eigenvalue weighted by atomic mass is 10.1. The van der Waals surface area contributed by atoms with Gasteiger partial charge in [0.2, 0.25) is 5.91 Å². The lowest BCUT2D eigenvalue weighted by Gasteiger charge is -2.17. The Hall–Kier alpha value is -3.75. The third-order valence-corrected chi connectivity index (χ3v) is 4.15. The standard InChI is InChI=1S/C19H21N7O2/c1-2-5-14(17(20)27)24-15-10-23-16(18(21)28)19(26-15)25-13-8-3-7-12-11(13)6-4-9-22-12/h3-4,6-10,14H,2,5H2,1H3,(H2,20,27)(H2,21,28)(H2,24,25,26). The van der Waals surface area contributed by atoms with Gasteiger partial charge in [-0.1, -0.05) is 19.4 Å². The van der Waals surface area contributed by atoms with E-state index in [0.29, 0.717) is 17.9 Å². The van der Waals surface area contributed by atoms with Gasteiger partial charge in [0.25, 0.3) is 5.91 Å². The van der Waals surface area contributed by atoms with Gasteiger partial charge in [-0.25, -0.2) is 9.97 Å². The maximum atomic E-state index is 11.8. The predicted octanol–water partition coefficient (Wildman–Crippen LogP) is 1.93. The van der Waals surface area contributed by atoms with Gasteiger partial charge in [0, 0.05) is 17.3 Å². The number of carbonyl (C=O) groups is 2. The van der Waals surface area contributed by atoms with Gasteiger partial charge in [-0.2, -0.15) is 0 Å². The molecule has 0 bridgehead atoms. The first-order chi connectivity index (χ1) is 13.5. The summed E-state index contributed by atoms with van der Waals surface area (Å²) in [7, 11) is 0. The normalized spacial score (nSPS) is 11.8. The van der Waals surface area contributed by atoms with Crippen molar-refractivity contribution < 1.29 is 9.59 Å². The molecule has 0 radical (unpaired) electrons. The zero-order chi connectivity index (χ0) is 20.1. The number of pyridine rings is 1. The van der Waals surface area contributed by atoms with Crippen molar-refractivity contribution >= 4 is 40.0 Å². The molecule has 0 aliphatic heterocycles. The van der Waals surface area contributed by atoms with Crippen molar-refractivity contribution in [3.63, 3.8) is 0 Å². The molecule has 0 aliphatic carbocycles. The number of fused-ring (bicyclic) bond motifs is 1. The van der Waals surface area contributed by atoms with Gasteiger partial charge in [0.15, 0.2) is 11.5 Å². The summed E-state index contributed by atoms with van der Waals surface area (Å²) >= 11 is 0. The number of carbonyl (C=O) groups excluding carboxylic acids is 2. The van der Waals surface area contributed by atoms with Crippen LogP contribution in [-0.4, -0.2) is 32.8 Å². The fourth-order valence-corrected chi connectivity index (χ4v) is 2.82. The van der Waals surface area contributed by atoms with Crippen LogP contribution in [0, 0.1) is 0 Å². The Kier molecular flexibility index (Phi) is 5.64. The van der Waals surface area contributed by atoms with E-state index >= 15 is 0 Å². The van der Waals surface area contributed by atoms with E-state index in [0.717, 1.165) is 17.3 Å². The van der Waals surface area contributed by atoms with Crippen LogP contribution in [0.3, 0.4) is 0 Å². The summed E-state index contributed by atoms with van der Waals surface area (Å²) in [6.07, 6.45) is 4.36. The zero-order valence-corrected chi connectivity index (χ0v) is 15.3. The molecule has 2 aromatic heterocycles. The molecule has 9 nitrogen and oxygen atoms in total. The number of anilines is 3. The summed E-state index contributed by atoms with van der Waals surface area (Å²) in [5.41, 5.74) is 12.3. The first kappa shape index (κ1) is 19.0. The highest BCUT2D eigenvalue weighted by Crippen LogP contribution is 2.26. The summed E-state index contributed by atoms with van der Waals surface area (Å²) in [6.45, 7) is 1.95. The van der Waals surface area contributed by atoms with Gasteiger partial charge >= 0.3 is 0 Å². The van der Waals surface area contributed by atoms with E-state index in [-0.39, 0.29) is 11.5 Å².